The lowest BCUT2D eigenvalue weighted by Crippen LogP contribution is -2.46. The Morgan fingerprint density at radius 3 is 2.74 bits per heavy atom. The Bertz CT molecular complexity index is 1170. The van der Waals surface area contributed by atoms with Gasteiger partial charge in [-0.3, -0.25) is 19.5 Å². The molecule has 1 unspecified atom stereocenters. The van der Waals surface area contributed by atoms with Gasteiger partial charge in [0.2, 0.25) is 5.91 Å². The van der Waals surface area contributed by atoms with Crippen LogP contribution in [0.5, 0.6) is 0 Å². The van der Waals surface area contributed by atoms with Crippen molar-refractivity contribution in [1.29, 1.82) is 0 Å². The minimum atomic E-state index is -0.504. The summed E-state index contributed by atoms with van der Waals surface area (Å²) in [6, 6.07) is 9.09. The first-order valence-electron chi connectivity index (χ1n) is 11.9. The number of nitrogens with one attached hydrogen (secondary N) is 2. The number of rotatable bonds is 4. The van der Waals surface area contributed by atoms with Crippen LogP contribution in [0.1, 0.15) is 39.9 Å². The highest BCUT2D eigenvalue weighted by molar-refractivity contribution is 6.23. The van der Waals surface area contributed by atoms with E-state index in [1.165, 1.54) is 18.7 Å². The standard InChI is InChI=1S/C26H30FN5O2/c1-16-12-17(13-22-23(16)24-20(26(34)30-22)4-3-7-29-24)15-31-8-10-32(11-9-31)18-5-6-19(21(27)14-18)25(33)28-2/h5-6,12-14,20H,3-4,7-11,15H2,1-2H3,(H,28,33)(H,30,34). The van der Waals surface area contributed by atoms with Gasteiger partial charge < -0.3 is 15.5 Å². The lowest BCUT2D eigenvalue weighted by molar-refractivity contribution is -0.118. The third kappa shape index (κ3) is 4.18. The largest absolute Gasteiger partial charge is 0.369 e. The first kappa shape index (κ1) is 22.5. The number of hydrogen-bond acceptors (Lipinski definition) is 5. The molecule has 34 heavy (non-hydrogen) atoms. The van der Waals surface area contributed by atoms with Gasteiger partial charge in [-0.15, -0.1) is 0 Å². The second kappa shape index (κ2) is 9.18. The molecule has 3 aliphatic heterocycles. The average Bonchev–Trinajstić information content (AvgIpc) is 2.84. The summed E-state index contributed by atoms with van der Waals surface area (Å²) in [5, 5.41) is 5.58. The number of aliphatic imine (C=N–C) groups is 1. The number of hydrogen-bond donors (Lipinski definition) is 2. The van der Waals surface area contributed by atoms with Gasteiger partial charge in [0.15, 0.2) is 0 Å². The fourth-order valence-corrected chi connectivity index (χ4v) is 5.30. The summed E-state index contributed by atoms with van der Waals surface area (Å²) >= 11 is 0. The molecule has 178 valence electrons. The van der Waals surface area contributed by atoms with Crippen molar-refractivity contribution in [2.45, 2.75) is 26.3 Å². The summed E-state index contributed by atoms with van der Waals surface area (Å²) in [4.78, 5) is 33.6. The number of carbonyl (C=O) groups excluding carboxylic acids is 2. The Kier molecular flexibility index (Phi) is 6.08. The van der Waals surface area contributed by atoms with Gasteiger partial charge in [0.25, 0.3) is 5.91 Å². The number of amides is 2. The minimum absolute atomic E-state index is 0.0604. The lowest BCUT2D eigenvalue weighted by atomic mass is 9.83. The molecule has 5 rings (SSSR count). The van der Waals surface area contributed by atoms with E-state index in [0.717, 1.165) is 80.3 Å². The monoisotopic (exact) mass is 463 g/mol. The Hall–Kier alpha value is -3.26. The molecule has 0 radical (unpaired) electrons. The van der Waals surface area contributed by atoms with Crippen molar-refractivity contribution < 1.29 is 14.0 Å². The Labute approximate surface area is 199 Å². The van der Waals surface area contributed by atoms with Gasteiger partial charge >= 0.3 is 0 Å². The predicted octanol–water partition coefficient (Wildman–Crippen LogP) is 2.97. The molecule has 0 saturated carbocycles. The van der Waals surface area contributed by atoms with Gasteiger partial charge in [0, 0.05) is 57.6 Å². The van der Waals surface area contributed by atoms with Crippen LogP contribution in [-0.4, -0.2) is 62.2 Å². The van der Waals surface area contributed by atoms with Crippen molar-refractivity contribution in [1.82, 2.24) is 10.2 Å². The Morgan fingerprint density at radius 1 is 1.21 bits per heavy atom. The minimum Gasteiger partial charge on any atom is -0.369 e. The van der Waals surface area contributed by atoms with E-state index in [-0.39, 0.29) is 17.4 Å². The lowest BCUT2D eigenvalue weighted by Gasteiger charge is -2.36. The van der Waals surface area contributed by atoms with Crippen molar-refractivity contribution in [3.8, 4) is 0 Å². The molecule has 3 heterocycles. The summed E-state index contributed by atoms with van der Waals surface area (Å²) in [5.41, 5.74) is 6.11. The van der Waals surface area contributed by atoms with E-state index in [1.807, 2.05) is 0 Å². The van der Waals surface area contributed by atoms with Crippen LogP contribution in [0.4, 0.5) is 15.8 Å². The van der Waals surface area contributed by atoms with Gasteiger partial charge in [-0.1, -0.05) is 6.07 Å². The van der Waals surface area contributed by atoms with E-state index in [9.17, 15) is 14.0 Å². The summed E-state index contributed by atoms with van der Waals surface area (Å²) < 4.78 is 14.4. The van der Waals surface area contributed by atoms with Gasteiger partial charge in [-0.25, -0.2) is 4.39 Å². The van der Waals surface area contributed by atoms with Crippen LogP contribution in [0.2, 0.25) is 0 Å². The molecule has 2 aromatic carbocycles. The molecule has 1 fully saturated rings. The molecule has 1 atom stereocenters. The van der Waals surface area contributed by atoms with E-state index in [2.05, 4.69) is 39.5 Å². The molecule has 2 aromatic rings. The number of halogens is 1. The fraction of sp³-hybridized carbons (Fsp3) is 0.423. The molecule has 8 heteroatoms. The van der Waals surface area contributed by atoms with Crippen molar-refractivity contribution in [3.05, 3.63) is 58.4 Å². The van der Waals surface area contributed by atoms with Crippen LogP contribution >= 0.6 is 0 Å². The van der Waals surface area contributed by atoms with Gasteiger partial charge in [0.1, 0.15) is 5.82 Å². The third-order valence-electron chi connectivity index (χ3n) is 7.06. The first-order valence-corrected chi connectivity index (χ1v) is 11.9. The van der Waals surface area contributed by atoms with Gasteiger partial charge in [-0.05, 0) is 55.2 Å². The van der Waals surface area contributed by atoms with Crippen LogP contribution in [0.3, 0.4) is 0 Å². The zero-order valence-corrected chi connectivity index (χ0v) is 19.7. The Balaban J connectivity index is 1.26. The topological polar surface area (TPSA) is 77.0 Å². The molecule has 0 aromatic heterocycles. The van der Waals surface area contributed by atoms with E-state index in [0.29, 0.717) is 0 Å². The maximum absolute atomic E-state index is 14.4. The van der Waals surface area contributed by atoms with Crippen LogP contribution in [0.25, 0.3) is 0 Å². The first-order chi connectivity index (χ1) is 16.4. The molecule has 3 aliphatic rings. The molecule has 2 N–H and O–H groups in total. The average molecular weight is 464 g/mol. The normalized spacial score (nSPS) is 20.2. The molecule has 2 amide bonds. The van der Waals surface area contributed by atoms with E-state index in [4.69, 9.17) is 4.99 Å². The summed E-state index contributed by atoms with van der Waals surface area (Å²) in [6.07, 6.45) is 1.83. The van der Waals surface area contributed by atoms with E-state index in [1.54, 1.807) is 12.1 Å². The zero-order valence-electron chi connectivity index (χ0n) is 19.7. The molecule has 0 aliphatic carbocycles. The van der Waals surface area contributed by atoms with E-state index >= 15 is 0 Å². The number of piperazine rings is 1. The highest BCUT2D eigenvalue weighted by Crippen LogP contribution is 2.34. The van der Waals surface area contributed by atoms with Crippen molar-refractivity contribution >= 4 is 28.9 Å². The van der Waals surface area contributed by atoms with Gasteiger partial charge in [-0.2, -0.15) is 0 Å². The number of aryl methyl sites for hydroxylation is 1. The smallest absolute Gasteiger partial charge is 0.253 e. The molecule has 0 spiro atoms. The molecule has 0 bridgehead atoms. The van der Waals surface area contributed by atoms with Crippen LogP contribution in [0, 0.1) is 18.7 Å². The van der Waals surface area contributed by atoms with Crippen molar-refractivity contribution in [2.75, 3.05) is 50.0 Å². The number of fused-ring (bicyclic) bond motifs is 3. The molecular formula is C26H30FN5O2. The number of carbonyl (C=O) groups is 2. The molecule has 1 saturated heterocycles. The second-order valence-corrected chi connectivity index (χ2v) is 9.29. The second-order valence-electron chi connectivity index (χ2n) is 9.29. The molecule has 7 nitrogen and oxygen atoms in total. The highest BCUT2D eigenvalue weighted by Gasteiger charge is 2.35. The summed E-state index contributed by atoms with van der Waals surface area (Å²) in [7, 11) is 1.49. The molecular weight excluding hydrogens is 433 g/mol. The summed E-state index contributed by atoms with van der Waals surface area (Å²) in [6.45, 7) is 6.92. The van der Waals surface area contributed by atoms with Crippen LogP contribution < -0.4 is 15.5 Å². The number of benzene rings is 2. The van der Waals surface area contributed by atoms with E-state index < -0.39 is 11.7 Å². The summed E-state index contributed by atoms with van der Waals surface area (Å²) in [5.74, 6) is -0.980. The SMILES string of the molecule is CNC(=O)c1ccc(N2CCN(Cc3cc(C)c4c(c3)NC(=O)C3CCCN=C43)CC2)cc1F. The number of anilines is 2. The van der Waals surface area contributed by atoms with Gasteiger partial charge in [0.05, 0.1) is 22.9 Å². The predicted molar refractivity (Wildman–Crippen MR) is 131 cm³/mol. The third-order valence-corrected chi connectivity index (χ3v) is 7.06. The van der Waals surface area contributed by atoms with Crippen LogP contribution in [0.15, 0.2) is 35.3 Å². The highest BCUT2D eigenvalue weighted by atomic mass is 19.1. The maximum Gasteiger partial charge on any atom is 0.253 e. The zero-order chi connectivity index (χ0) is 23.8. The van der Waals surface area contributed by atoms with Crippen molar-refractivity contribution in [2.24, 2.45) is 10.9 Å². The Morgan fingerprint density at radius 2 is 2.00 bits per heavy atom. The number of nitrogens with zero attached hydrogens (tertiary/aromatic N) is 3. The quantitative estimate of drug-likeness (QED) is 0.731. The van der Waals surface area contributed by atoms with Crippen LogP contribution in [-0.2, 0) is 11.3 Å². The van der Waals surface area contributed by atoms with Crippen molar-refractivity contribution in [3.63, 3.8) is 0 Å². The maximum atomic E-state index is 14.4. The fourth-order valence-electron chi connectivity index (χ4n) is 5.30.